The van der Waals surface area contributed by atoms with E-state index in [0.29, 0.717) is 24.5 Å². The number of unbranched alkanes of at least 4 members (excludes halogenated alkanes) is 3. The standard InChI is InChI=1S/C24H40O5/c1-3-5-6-11-18(4-2)12-7-8-13-19-16-17-21(25)20(19)14-9-10-15-22(26)23(27)24(28)29/h8,13,18-20,26-27H,3-7,9-12,14-17H2,1-2H3,(H,28,29)/b13-8+,23-22+/t18?,19-,20+/m0/s1. The molecule has 1 unspecified atom stereocenters. The number of carboxylic acids is 1. The number of allylic oxidation sites excluding steroid dienone is 3. The normalized spacial score (nSPS) is 21.5. The van der Waals surface area contributed by atoms with E-state index in [4.69, 9.17) is 5.11 Å². The molecular weight excluding hydrogens is 368 g/mol. The number of carbonyl (C=O) groups is 2. The van der Waals surface area contributed by atoms with Crippen molar-refractivity contribution in [1.82, 2.24) is 0 Å². The third-order valence-corrected chi connectivity index (χ3v) is 6.23. The number of hydrogen-bond donors (Lipinski definition) is 3. The fraction of sp³-hybridized carbons (Fsp3) is 0.750. The lowest BCUT2D eigenvalue weighted by Gasteiger charge is -2.16. The second kappa shape index (κ2) is 14.2. The van der Waals surface area contributed by atoms with Gasteiger partial charge in [-0.05, 0) is 43.9 Å². The van der Waals surface area contributed by atoms with Gasteiger partial charge < -0.3 is 15.3 Å². The number of rotatable bonds is 15. The Morgan fingerprint density at radius 1 is 1.10 bits per heavy atom. The van der Waals surface area contributed by atoms with E-state index >= 15 is 0 Å². The number of ketones is 1. The molecule has 5 nitrogen and oxygen atoms in total. The van der Waals surface area contributed by atoms with Crippen LogP contribution in [0.3, 0.4) is 0 Å². The number of Topliss-reactive ketones (excluding diaryl/α,β-unsaturated/α-hetero) is 1. The summed E-state index contributed by atoms with van der Waals surface area (Å²) in [6.07, 6.45) is 17.0. The quantitative estimate of drug-likeness (QED) is 0.124. The average Bonchev–Trinajstić information content (AvgIpc) is 3.05. The van der Waals surface area contributed by atoms with Crippen LogP contribution in [0.2, 0.25) is 0 Å². The predicted molar refractivity (Wildman–Crippen MR) is 116 cm³/mol. The largest absolute Gasteiger partial charge is 0.508 e. The molecular formula is C24H40O5. The van der Waals surface area contributed by atoms with Gasteiger partial charge in [-0.2, -0.15) is 0 Å². The topological polar surface area (TPSA) is 94.8 Å². The van der Waals surface area contributed by atoms with Gasteiger partial charge in [-0.3, -0.25) is 4.79 Å². The summed E-state index contributed by atoms with van der Waals surface area (Å²) < 4.78 is 0. The van der Waals surface area contributed by atoms with E-state index in [-0.39, 0.29) is 12.3 Å². The van der Waals surface area contributed by atoms with Crippen molar-refractivity contribution in [3.63, 3.8) is 0 Å². The molecule has 1 aliphatic rings. The van der Waals surface area contributed by atoms with E-state index in [1.54, 1.807) is 0 Å². The minimum absolute atomic E-state index is 0.0389. The molecule has 29 heavy (non-hydrogen) atoms. The molecule has 0 radical (unpaired) electrons. The lowest BCUT2D eigenvalue weighted by atomic mass is 9.89. The monoisotopic (exact) mass is 408 g/mol. The van der Waals surface area contributed by atoms with Gasteiger partial charge in [0, 0.05) is 18.8 Å². The van der Waals surface area contributed by atoms with Crippen LogP contribution in [-0.4, -0.2) is 27.1 Å². The molecule has 0 spiro atoms. The Morgan fingerprint density at radius 2 is 1.86 bits per heavy atom. The fourth-order valence-corrected chi connectivity index (χ4v) is 4.28. The summed E-state index contributed by atoms with van der Waals surface area (Å²) in [5, 5.41) is 27.4. The minimum atomic E-state index is -1.52. The summed E-state index contributed by atoms with van der Waals surface area (Å²) in [5.74, 6) is -1.53. The summed E-state index contributed by atoms with van der Waals surface area (Å²) in [5.41, 5.74) is 0. The molecule has 0 aromatic rings. The maximum absolute atomic E-state index is 12.2. The second-order valence-electron chi connectivity index (χ2n) is 8.40. The lowest BCUT2D eigenvalue weighted by Crippen LogP contribution is -2.13. The molecule has 1 saturated carbocycles. The second-order valence-corrected chi connectivity index (χ2v) is 8.40. The molecule has 1 rings (SSSR count). The molecule has 1 aliphatic carbocycles. The van der Waals surface area contributed by atoms with Crippen molar-refractivity contribution < 1.29 is 24.9 Å². The van der Waals surface area contributed by atoms with E-state index in [1.807, 2.05) is 0 Å². The van der Waals surface area contributed by atoms with Crippen LogP contribution >= 0.6 is 0 Å². The van der Waals surface area contributed by atoms with Crippen LogP contribution in [0.1, 0.15) is 97.3 Å². The molecule has 166 valence electrons. The number of aliphatic hydroxyl groups is 2. The van der Waals surface area contributed by atoms with E-state index in [1.165, 1.54) is 38.5 Å². The molecule has 3 N–H and O–H groups in total. The Morgan fingerprint density at radius 3 is 2.52 bits per heavy atom. The highest BCUT2D eigenvalue weighted by atomic mass is 16.4. The molecule has 1 fully saturated rings. The van der Waals surface area contributed by atoms with Crippen LogP contribution in [-0.2, 0) is 9.59 Å². The van der Waals surface area contributed by atoms with Crippen LogP contribution < -0.4 is 0 Å². The third-order valence-electron chi connectivity index (χ3n) is 6.23. The van der Waals surface area contributed by atoms with Gasteiger partial charge in [0.25, 0.3) is 0 Å². The van der Waals surface area contributed by atoms with E-state index in [2.05, 4.69) is 26.0 Å². The Balaban J connectivity index is 2.38. The van der Waals surface area contributed by atoms with Crippen LogP contribution in [0, 0.1) is 17.8 Å². The molecule has 0 bridgehead atoms. The molecule has 5 heteroatoms. The first-order valence-corrected chi connectivity index (χ1v) is 11.4. The highest BCUT2D eigenvalue weighted by Gasteiger charge is 2.32. The first-order chi connectivity index (χ1) is 13.9. The van der Waals surface area contributed by atoms with Crippen molar-refractivity contribution in [3.8, 4) is 0 Å². The fourth-order valence-electron chi connectivity index (χ4n) is 4.28. The highest BCUT2D eigenvalue weighted by molar-refractivity contribution is 5.84. The zero-order valence-electron chi connectivity index (χ0n) is 18.2. The number of aliphatic hydroxyl groups excluding tert-OH is 2. The van der Waals surface area contributed by atoms with Crippen molar-refractivity contribution in [3.05, 3.63) is 23.7 Å². The van der Waals surface area contributed by atoms with Crippen LogP contribution in [0.4, 0.5) is 0 Å². The Bertz CT molecular complexity index is 564. The molecule has 0 amide bonds. The summed E-state index contributed by atoms with van der Waals surface area (Å²) in [6, 6.07) is 0. The van der Waals surface area contributed by atoms with Crippen molar-refractivity contribution in [1.29, 1.82) is 0 Å². The van der Waals surface area contributed by atoms with E-state index in [9.17, 15) is 19.8 Å². The Hall–Kier alpha value is -1.78. The van der Waals surface area contributed by atoms with Gasteiger partial charge in [-0.15, -0.1) is 0 Å². The van der Waals surface area contributed by atoms with Crippen LogP contribution in [0.5, 0.6) is 0 Å². The van der Waals surface area contributed by atoms with Crippen LogP contribution in [0.15, 0.2) is 23.7 Å². The minimum Gasteiger partial charge on any atom is -0.508 e. The van der Waals surface area contributed by atoms with E-state index in [0.717, 1.165) is 31.6 Å². The number of aliphatic carboxylic acids is 1. The molecule has 0 aromatic heterocycles. The number of carboxylic acid groups (broad SMARTS) is 1. The maximum Gasteiger partial charge on any atom is 0.374 e. The van der Waals surface area contributed by atoms with Crippen LogP contribution in [0.25, 0.3) is 0 Å². The molecule has 0 aromatic carbocycles. The van der Waals surface area contributed by atoms with Gasteiger partial charge >= 0.3 is 5.97 Å². The number of hydrogen-bond acceptors (Lipinski definition) is 4. The molecule has 0 aliphatic heterocycles. The maximum atomic E-state index is 12.2. The van der Waals surface area contributed by atoms with Gasteiger partial charge in [-0.25, -0.2) is 4.79 Å². The molecule has 0 saturated heterocycles. The van der Waals surface area contributed by atoms with E-state index < -0.39 is 17.5 Å². The van der Waals surface area contributed by atoms with Crippen molar-refractivity contribution in [2.24, 2.45) is 17.8 Å². The first-order valence-electron chi connectivity index (χ1n) is 11.4. The number of carbonyl (C=O) groups excluding carboxylic acids is 1. The average molecular weight is 409 g/mol. The summed E-state index contributed by atoms with van der Waals surface area (Å²) in [7, 11) is 0. The summed E-state index contributed by atoms with van der Waals surface area (Å²) in [6.45, 7) is 4.51. The summed E-state index contributed by atoms with van der Waals surface area (Å²) >= 11 is 0. The first kappa shape index (κ1) is 25.3. The Labute approximate surface area is 175 Å². The van der Waals surface area contributed by atoms with Crippen molar-refractivity contribution in [2.75, 3.05) is 0 Å². The van der Waals surface area contributed by atoms with Gasteiger partial charge in [0.15, 0.2) is 0 Å². The van der Waals surface area contributed by atoms with Crippen molar-refractivity contribution >= 4 is 11.8 Å². The smallest absolute Gasteiger partial charge is 0.374 e. The summed E-state index contributed by atoms with van der Waals surface area (Å²) in [4.78, 5) is 22.8. The lowest BCUT2D eigenvalue weighted by molar-refractivity contribution is -0.136. The molecule has 3 atom stereocenters. The highest BCUT2D eigenvalue weighted by Crippen LogP contribution is 2.34. The van der Waals surface area contributed by atoms with Gasteiger partial charge in [-0.1, -0.05) is 64.5 Å². The zero-order valence-corrected chi connectivity index (χ0v) is 18.2. The van der Waals surface area contributed by atoms with Gasteiger partial charge in [0.2, 0.25) is 5.76 Å². The Kier molecular flexibility index (Phi) is 12.4. The predicted octanol–water partition coefficient (Wildman–Crippen LogP) is 6.50. The SMILES string of the molecule is CCCCCC(CC)CC/C=C/[C@H]1CCC(=O)[C@@H]1CCCC/C(O)=C(\O)C(=O)O. The zero-order chi connectivity index (χ0) is 21.6. The molecule has 0 heterocycles. The van der Waals surface area contributed by atoms with Gasteiger partial charge in [0.05, 0.1) is 0 Å². The van der Waals surface area contributed by atoms with Crippen molar-refractivity contribution in [2.45, 2.75) is 97.3 Å². The van der Waals surface area contributed by atoms with Gasteiger partial charge in [0.1, 0.15) is 11.5 Å². The third kappa shape index (κ3) is 9.51.